The SMILES string of the molecule is Cc1ccc2c(C(=O)NCc3cccc(CN)c3)cc(-c3cn(C)c4ccc(Br)cc34)nc2c1. The number of aromatic nitrogens is 2. The number of nitrogens with one attached hydrogen (secondary N) is 1. The molecule has 2 aromatic heterocycles. The van der Waals surface area contributed by atoms with Gasteiger partial charge in [-0.15, -0.1) is 0 Å². The van der Waals surface area contributed by atoms with Crippen molar-refractivity contribution in [3.63, 3.8) is 0 Å². The Morgan fingerprint density at radius 1 is 1.03 bits per heavy atom. The third kappa shape index (κ3) is 4.22. The average molecular weight is 513 g/mol. The molecular weight excluding hydrogens is 488 g/mol. The Labute approximate surface area is 206 Å². The fourth-order valence-corrected chi connectivity index (χ4v) is 4.74. The summed E-state index contributed by atoms with van der Waals surface area (Å²) in [6.45, 7) is 2.94. The van der Waals surface area contributed by atoms with Gasteiger partial charge in [0.15, 0.2) is 0 Å². The minimum Gasteiger partial charge on any atom is -0.350 e. The van der Waals surface area contributed by atoms with Crippen molar-refractivity contribution in [1.29, 1.82) is 0 Å². The van der Waals surface area contributed by atoms with Gasteiger partial charge < -0.3 is 15.6 Å². The van der Waals surface area contributed by atoms with E-state index in [1.165, 1.54) is 0 Å². The maximum absolute atomic E-state index is 13.4. The van der Waals surface area contributed by atoms with Crippen LogP contribution in [0.2, 0.25) is 0 Å². The molecule has 0 fully saturated rings. The zero-order chi connectivity index (χ0) is 23.8. The molecule has 3 aromatic carbocycles. The van der Waals surface area contributed by atoms with E-state index < -0.39 is 0 Å². The zero-order valence-electron chi connectivity index (χ0n) is 19.1. The van der Waals surface area contributed by atoms with Crippen molar-refractivity contribution in [1.82, 2.24) is 14.9 Å². The van der Waals surface area contributed by atoms with Crippen LogP contribution >= 0.6 is 15.9 Å². The van der Waals surface area contributed by atoms with E-state index in [1.807, 2.05) is 68.6 Å². The van der Waals surface area contributed by atoms with Gasteiger partial charge in [0.2, 0.25) is 0 Å². The van der Waals surface area contributed by atoms with Crippen LogP contribution in [0.15, 0.2) is 77.4 Å². The number of carbonyl (C=O) groups excluding carboxylic acids is 1. The number of fused-ring (bicyclic) bond motifs is 2. The minimum atomic E-state index is -0.128. The zero-order valence-corrected chi connectivity index (χ0v) is 20.7. The Balaban J connectivity index is 1.59. The molecule has 0 atom stereocenters. The molecule has 3 N–H and O–H groups in total. The fraction of sp³-hybridized carbons (Fsp3) is 0.143. The third-order valence-corrected chi connectivity index (χ3v) is 6.61. The van der Waals surface area contributed by atoms with Crippen molar-refractivity contribution in [2.75, 3.05) is 0 Å². The molecule has 0 aliphatic rings. The average Bonchev–Trinajstić information content (AvgIpc) is 3.17. The summed E-state index contributed by atoms with van der Waals surface area (Å²) in [6, 6.07) is 22.1. The molecule has 0 aliphatic carbocycles. The standard InChI is InChI=1S/C28H25BrN4O/c1-17-6-8-21-23(28(34)31-15-19-5-3-4-18(11-19)14-30)13-26(32-25(21)10-17)24-16-33(2)27-9-7-20(29)12-22(24)27/h3-13,16H,14-15,30H2,1-2H3,(H,31,34). The van der Waals surface area contributed by atoms with Crippen LogP contribution in [-0.4, -0.2) is 15.5 Å². The normalized spacial score (nSPS) is 11.3. The summed E-state index contributed by atoms with van der Waals surface area (Å²) in [5.74, 6) is -0.128. The van der Waals surface area contributed by atoms with Gasteiger partial charge in [-0.05, 0) is 53.9 Å². The van der Waals surface area contributed by atoms with Crippen LogP contribution in [0.1, 0.15) is 27.0 Å². The molecule has 5 rings (SSSR count). The summed E-state index contributed by atoms with van der Waals surface area (Å²) in [7, 11) is 2.02. The lowest BCUT2D eigenvalue weighted by Crippen LogP contribution is -2.23. The third-order valence-electron chi connectivity index (χ3n) is 6.12. The Morgan fingerprint density at radius 3 is 2.68 bits per heavy atom. The quantitative estimate of drug-likeness (QED) is 0.310. The van der Waals surface area contributed by atoms with Crippen LogP contribution in [0.3, 0.4) is 0 Å². The lowest BCUT2D eigenvalue weighted by Gasteiger charge is -2.12. The number of amides is 1. The van der Waals surface area contributed by atoms with E-state index in [9.17, 15) is 4.79 Å². The highest BCUT2D eigenvalue weighted by Crippen LogP contribution is 2.33. The number of hydrogen-bond donors (Lipinski definition) is 2. The monoisotopic (exact) mass is 512 g/mol. The first-order chi connectivity index (χ1) is 16.4. The van der Waals surface area contributed by atoms with Crippen LogP contribution in [0.4, 0.5) is 0 Å². The second kappa shape index (κ2) is 9.05. The van der Waals surface area contributed by atoms with E-state index >= 15 is 0 Å². The molecule has 1 amide bonds. The summed E-state index contributed by atoms with van der Waals surface area (Å²) in [5, 5.41) is 5.00. The van der Waals surface area contributed by atoms with E-state index in [2.05, 4.69) is 44.1 Å². The highest BCUT2D eigenvalue weighted by molar-refractivity contribution is 9.10. The molecule has 5 aromatic rings. The van der Waals surface area contributed by atoms with Crippen LogP contribution in [0, 0.1) is 6.92 Å². The van der Waals surface area contributed by atoms with Crippen LogP contribution in [0.5, 0.6) is 0 Å². The second-order valence-corrected chi connectivity index (χ2v) is 9.51. The Bertz CT molecular complexity index is 1550. The first-order valence-corrected chi connectivity index (χ1v) is 11.9. The van der Waals surface area contributed by atoms with Crippen molar-refractivity contribution in [2.45, 2.75) is 20.0 Å². The number of carbonyl (C=O) groups is 1. The summed E-state index contributed by atoms with van der Waals surface area (Å²) >= 11 is 3.59. The number of rotatable bonds is 5. The van der Waals surface area contributed by atoms with Gasteiger partial charge in [-0.25, -0.2) is 4.98 Å². The molecule has 0 spiro atoms. The molecule has 0 aliphatic heterocycles. The molecule has 0 unspecified atom stereocenters. The van der Waals surface area contributed by atoms with E-state index in [1.54, 1.807) is 0 Å². The molecular formula is C28H25BrN4O. The molecule has 2 heterocycles. The summed E-state index contributed by atoms with van der Waals surface area (Å²) < 4.78 is 3.09. The number of benzene rings is 3. The molecule has 6 heteroatoms. The number of nitrogens with zero attached hydrogens (tertiary/aromatic N) is 2. The molecule has 5 nitrogen and oxygen atoms in total. The summed E-state index contributed by atoms with van der Waals surface area (Å²) in [4.78, 5) is 18.4. The van der Waals surface area contributed by atoms with Gasteiger partial charge in [-0.3, -0.25) is 4.79 Å². The molecule has 0 radical (unpaired) electrons. The number of aryl methyl sites for hydroxylation is 2. The van der Waals surface area contributed by atoms with Crippen molar-refractivity contribution in [3.8, 4) is 11.3 Å². The van der Waals surface area contributed by atoms with E-state index in [0.29, 0.717) is 18.7 Å². The van der Waals surface area contributed by atoms with E-state index in [0.717, 1.165) is 54.2 Å². The van der Waals surface area contributed by atoms with Crippen molar-refractivity contribution in [2.24, 2.45) is 12.8 Å². The van der Waals surface area contributed by atoms with Crippen LogP contribution in [0.25, 0.3) is 33.1 Å². The topological polar surface area (TPSA) is 72.9 Å². The largest absolute Gasteiger partial charge is 0.350 e. The van der Waals surface area contributed by atoms with Gasteiger partial charge in [0.1, 0.15) is 0 Å². The maximum Gasteiger partial charge on any atom is 0.252 e. The first-order valence-electron chi connectivity index (χ1n) is 11.2. The van der Waals surface area contributed by atoms with Gasteiger partial charge in [0, 0.05) is 52.7 Å². The van der Waals surface area contributed by atoms with E-state index in [-0.39, 0.29) is 5.91 Å². The summed E-state index contributed by atoms with van der Waals surface area (Å²) in [6.07, 6.45) is 2.07. The second-order valence-electron chi connectivity index (χ2n) is 8.60. The lowest BCUT2D eigenvalue weighted by atomic mass is 10.0. The van der Waals surface area contributed by atoms with Gasteiger partial charge >= 0.3 is 0 Å². The number of pyridine rings is 1. The van der Waals surface area contributed by atoms with Crippen molar-refractivity contribution >= 4 is 43.6 Å². The highest BCUT2D eigenvalue weighted by Gasteiger charge is 2.17. The van der Waals surface area contributed by atoms with Gasteiger partial charge in [0.25, 0.3) is 5.91 Å². The lowest BCUT2D eigenvalue weighted by molar-refractivity contribution is 0.0952. The predicted octanol–water partition coefficient (Wildman–Crippen LogP) is 5.85. The van der Waals surface area contributed by atoms with E-state index in [4.69, 9.17) is 10.7 Å². The fourth-order valence-electron chi connectivity index (χ4n) is 4.38. The summed E-state index contributed by atoms with van der Waals surface area (Å²) in [5.41, 5.74) is 13.2. The van der Waals surface area contributed by atoms with Crippen LogP contribution < -0.4 is 11.1 Å². The molecule has 0 saturated carbocycles. The predicted molar refractivity (Wildman–Crippen MR) is 142 cm³/mol. The maximum atomic E-state index is 13.4. The molecule has 0 saturated heterocycles. The van der Waals surface area contributed by atoms with Crippen LogP contribution in [-0.2, 0) is 20.1 Å². The smallest absolute Gasteiger partial charge is 0.252 e. The van der Waals surface area contributed by atoms with Gasteiger partial charge in [0.05, 0.1) is 16.8 Å². The highest BCUT2D eigenvalue weighted by atomic mass is 79.9. The van der Waals surface area contributed by atoms with Crippen molar-refractivity contribution < 1.29 is 4.79 Å². The van der Waals surface area contributed by atoms with Gasteiger partial charge in [-0.2, -0.15) is 0 Å². The van der Waals surface area contributed by atoms with Crippen molar-refractivity contribution in [3.05, 3.63) is 99.7 Å². The molecule has 34 heavy (non-hydrogen) atoms. The Kier molecular flexibility index (Phi) is 5.94. The molecule has 0 bridgehead atoms. The number of nitrogens with two attached hydrogens (primary N) is 1. The Morgan fingerprint density at radius 2 is 1.85 bits per heavy atom. The first kappa shape index (κ1) is 22.3. The van der Waals surface area contributed by atoms with Gasteiger partial charge in [-0.1, -0.05) is 52.3 Å². The number of hydrogen-bond acceptors (Lipinski definition) is 3. The minimum absolute atomic E-state index is 0.128. The number of halogens is 1. The molecule has 170 valence electrons. The Hall–Kier alpha value is -3.48.